The Labute approximate surface area is 119 Å². The van der Waals surface area contributed by atoms with E-state index >= 15 is 0 Å². The lowest BCUT2D eigenvalue weighted by molar-refractivity contribution is 0.340. The molecule has 2 nitrogen and oxygen atoms in total. The van der Waals surface area contributed by atoms with E-state index in [1.54, 1.807) is 0 Å². The van der Waals surface area contributed by atoms with Gasteiger partial charge in [-0.05, 0) is 37.6 Å². The molecule has 18 heavy (non-hydrogen) atoms. The van der Waals surface area contributed by atoms with Gasteiger partial charge in [0.25, 0.3) is 0 Å². The van der Waals surface area contributed by atoms with Gasteiger partial charge in [0.2, 0.25) is 0 Å². The van der Waals surface area contributed by atoms with Crippen molar-refractivity contribution in [3.8, 4) is 5.75 Å². The van der Waals surface area contributed by atoms with E-state index in [9.17, 15) is 0 Å². The largest absolute Gasteiger partial charge is 0.494 e. The molecule has 1 heterocycles. The maximum absolute atomic E-state index is 6.27. The third-order valence-corrected chi connectivity index (χ3v) is 2.91. The summed E-state index contributed by atoms with van der Waals surface area (Å²) >= 11 is 6.27. The van der Waals surface area contributed by atoms with E-state index in [2.05, 4.69) is 11.9 Å². The molecule has 0 fully saturated rings. The maximum atomic E-state index is 6.27. The predicted molar refractivity (Wildman–Crippen MR) is 79.2 cm³/mol. The molecular formula is C14H17Cl2NO. The van der Waals surface area contributed by atoms with Gasteiger partial charge in [0, 0.05) is 11.1 Å². The molecule has 2 rings (SSSR count). The van der Waals surface area contributed by atoms with Gasteiger partial charge in [0.1, 0.15) is 5.75 Å². The molecule has 0 aliphatic heterocycles. The first kappa shape index (κ1) is 15.1. The smallest absolute Gasteiger partial charge is 0.120 e. The molecule has 0 saturated heterocycles. The van der Waals surface area contributed by atoms with Crippen molar-refractivity contribution in [1.29, 1.82) is 0 Å². The average molecular weight is 286 g/mol. The molecule has 0 aliphatic carbocycles. The van der Waals surface area contributed by atoms with Crippen LogP contribution in [0.4, 0.5) is 0 Å². The van der Waals surface area contributed by atoms with E-state index in [1.807, 2.05) is 31.2 Å². The number of aryl methyl sites for hydroxylation is 1. The van der Waals surface area contributed by atoms with Gasteiger partial charge in [0.15, 0.2) is 0 Å². The Hall–Kier alpha value is -0.990. The van der Waals surface area contributed by atoms with Crippen LogP contribution in [0.15, 0.2) is 24.3 Å². The van der Waals surface area contributed by atoms with E-state index < -0.39 is 0 Å². The number of ether oxygens (including phenoxy) is 1. The van der Waals surface area contributed by atoms with Gasteiger partial charge in [-0.3, -0.25) is 4.98 Å². The Kier molecular flexibility index (Phi) is 5.70. The molecule has 1 aromatic heterocycles. The predicted octanol–water partition coefficient (Wildman–Crippen LogP) is 4.66. The summed E-state index contributed by atoms with van der Waals surface area (Å²) in [6.07, 6.45) is 2.04. The number of nitrogens with zero attached hydrogens (tertiary/aromatic N) is 1. The molecule has 0 N–H and O–H groups in total. The molecule has 4 heteroatoms. The minimum Gasteiger partial charge on any atom is -0.494 e. The first-order valence-corrected chi connectivity index (χ1v) is 6.34. The maximum Gasteiger partial charge on any atom is 0.120 e. The zero-order valence-electron chi connectivity index (χ0n) is 10.6. The van der Waals surface area contributed by atoms with Crippen molar-refractivity contribution in [3.63, 3.8) is 0 Å². The highest BCUT2D eigenvalue weighted by molar-refractivity contribution is 6.35. The van der Waals surface area contributed by atoms with E-state index in [0.29, 0.717) is 6.61 Å². The lowest BCUT2D eigenvalue weighted by Gasteiger charge is -2.07. The molecular weight excluding hydrogens is 269 g/mol. The summed E-state index contributed by atoms with van der Waals surface area (Å²) in [5, 5.41) is 1.71. The number of fused-ring (bicyclic) bond motifs is 1. The molecule has 0 bridgehead atoms. The molecule has 0 spiro atoms. The van der Waals surface area contributed by atoms with Crippen LogP contribution in [0.1, 0.15) is 26.0 Å². The average Bonchev–Trinajstić information content (AvgIpc) is 2.31. The molecule has 0 aliphatic rings. The Morgan fingerprint density at radius 1 is 1.22 bits per heavy atom. The molecule has 2 aromatic rings. The fourth-order valence-corrected chi connectivity index (χ4v) is 2.13. The van der Waals surface area contributed by atoms with Crippen molar-refractivity contribution in [3.05, 3.63) is 35.0 Å². The van der Waals surface area contributed by atoms with Crippen LogP contribution in [0.2, 0.25) is 5.02 Å². The normalized spacial score (nSPS) is 10.2. The van der Waals surface area contributed by atoms with Crippen molar-refractivity contribution >= 4 is 34.9 Å². The topological polar surface area (TPSA) is 22.1 Å². The summed E-state index contributed by atoms with van der Waals surface area (Å²) in [7, 11) is 0. The SMILES string of the molecule is CCCc1cc(Cl)c2cc(OCC)ccc2n1.Cl. The van der Waals surface area contributed by atoms with Crippen LogP contribution < -0.4 is 4.74 Å². The first-order valence-electron chi connectivity index (χ1n) is 5.96. The van der Waals surface area contributed by atoms with E-state index in [1.165, 1.54) is 0 Å². The minimum absolute atomic E-state index is 0. The van der Waals surface area contributed by atoms with Gasteiger partial charge in [-0.1, -0.05) is 24.9 Å². The summed E-state index contributed by atoms with van der Waals surface area (Å²) in [6.45, 7) is 4.76. The van der Waals surface area contributed by atoms with E-state index in [4.69, 9.17) is 16.3 Å². The van der Waals surface area contributed by atoms with Crippen LogP contribution in [0, 0.1) is 0 Å². The van der Waals surface area contributed by atoms with Crippen molar-refractivity contribution < 1.29 is 4.74 Å². The summed E-state index contributed by atoms with van der Waals surface area (Å²) < 4.78 is 5.46. The Bertz CT molecular complexity index is 528. The van der Waals surface area contributed by atoms with Gasteiger partial charge in [-0.15, -0.1) is 12.4 Å². The third-order valence-electron chi connectivity index (χ3n) is 2.60. The number of rotatable bonds is 4. The van der Waals surface area contributed by atoms with E-state index in [0.717, 1.165) is 40.2 Å². The molecule has 1 aromatic carbocycles. The van der Waals surface area contributed by atoms with Crippen LogP contribution >= 0.6 is 24.0 Å². The lowest BCUT2D eigenvalue weighted by Crippen LogP contribution is -1.94. The number of hydrogen-bond acceptors (Lipinski definition) is 2. The number of benzene rings is 1. The number of halogens is 2. The van der Waals surface area contributed by atoms with Crippen LogP contribution in [0.25, 0.3) is 10.9 Å². The number of aromatic nitrogens is 1. The quantitative estimate of drug-likeness (QED) is 0.815. The van der Waals surface area contributed by atoms with Gasteiger partial charge in [-0.25, -0.2) is 0 Å². The van der Waals surface area contributed by atoms with Crippen molar-refractivity contribution in [2.45, 2.75) is 26.7 Å². The third kappa shape index (κ3) is 3.27. The van der Waals surface area contributed by atoms with Crippen molar-refractivity contribution in [2.24, 2.45) is 0 Å². The lowest BCUT2D eigenvalue weighted by atomic mass is 10.1. The zero-order valence-corrected chi connectivity index (χ0v) is 12.1. The van der Waals surface area contributed by atoms with Crippen LogP contribution in [0.5, 0.6) is 5.75 Å². The van der Waals surface area contributed by atoms with Crippen molar-refractivity contribution in [2.75, 3.05) is 6.61 Å². The van der Waals surface area contributed by atoms with Crippen LogP contribution in [-0.4, -0.2) is 11.6 Å². The standard InChI is InChI=1S/C14H16ClNO.ClH/c1-3-5-10-8-13(15)12-9-11(17-4-2)6-7-14(12)16-10;/h6-9H,3-5H2,1-2H3;1H. The van der Waals surface area contributed by atoms with E-state index in [-0.39, 0.29) is 12.4 Å². The second-order valence-electron chi connectivity index (χ2n) is 3.96. The highest BCUT2D eigenvalue weighted by atomic mass is 35.5. The first-order chi connectivity index (χ1) is 8.24. The minimum atomic E-state index is 0. The second kappa shape index (κ2) is 6.81. The van der Waals surface area contributed by atoms with Gasteiger partial charge in [0.05, 0.1) is 17.1 Å². The Balaban J connectivity index is 0.00000162. The highest BCUT2D eigenvalue weighted by Gasteiger charge is 2.05. The second-order valence-corrected chi connectivity index (χ2v) is 4.36. The summed E-state index contributed by atoms with van der Waals surface area (Å²) in [5.74, 6) is 0.840. The summed E-state index contributed by atoms with van der Waals surface area (Å²) in [6, 6.07) is 7.79. The summed E-state index contributed by atoms with van der Waals surface area (Å²) in [4.78, 5) is 4.59. The Morgan fingerprint density at radius 3 is 2.67 bits per heavy atom. The van der Waals surface area contributed by atoms with Gasteiger partial charge in [-0.2, -0.15) is 0 Å². The van der Waals surface area contributed by atoms with Gasteiger partial charge >= 0.3 is 0 Å². The van der Waals surface area contributed by atoms with Crippen LogP contribution in [-0.2, 0) is 6.42 Å². The molecule has 0 saturated carbocycles. The molecule has 0 amide bonds. The molecule has 0 unspecified atom stereocenters. The Morgan fingerprint density at radius 2 is 2.00 bits per heavy atom. The molecule has 0 atom stereocenters. The zero-order chi connectivity index (χ0) is 12.3. The number of pyridine rings is 1. The van der Waals surface area contributed by atoms with Gasteiger partial charge < -0.3 is 4.74 Å². The van der Waals surface area contributed by atoms with Crippen molar-refractivity contribution in [1.82, 2.24) is 4.98 Å². The molecule has 98 valence electrons. The fourth-order valence-electron chi connectivity index (χ4n) is 1.86. The number of hydrogen-bond donors (Lipinski definition) is 0. The monoisotopic (exact) mass is 285 g/mol. The summed E-state index contributed by atoms with van der Waals surface area (Å²) in [5.41, 5.74) is 1.98. The highest BCUT2D eigenvalue weighted by Crippen LogP contribution is 2.27. The fraction of sp³-hybridized carbons (Fsp3) is 0.357. The molecule has 0 radical (unpaired) electrons. The van der Waals surface area contributed by atoms with Crippen LogP contribution in [0.3, 0.4) is 0 Å².